The van der Waals surface area contributed by atoms with Crippen molar-refractivity contribution in [2.24, 2.45) is 32.5 Å². The summed E-state index contributed by atoms with van der Waals surface area (Å²) in [5.41, 5.74) is 30.3. The lowest BCUT2D eigenvalue weighted by atomic mass is 9.36. The number of benzene rings is 7. The third kappa shape index (κ3) is 10.1. The first-order chi connectivity index (χ1) is 50.6. The summed E-state index contributed by atoms with van der Waals surface area (Å²) < 4.78 is 11.5. The van der Waals surface area contributed by atoms with Gasteiger partial charge in [0.15, 0.2) is 0 Å². The van der Waals surface area contributed by atoms with Gasteiger partial charge in [-0.3, -0.25) is 0 Å². The number of aryl methyl sites for hydroxylation is 1. The Balaban J connectivity index is 0.697. The number of hydrogen-bond donors (Lipinski definition) is 0. The lowest BCUT2D eigenvalue weighted by Crippen LogP contribution is -2.62. The fourth-order valence-corrected chi connectivity index (χ4v) is 28.4. The van der Waals surface area contributed by atoms with E-state index in [4.69, 9.17) is 9.47 Å². The third-order valence-corrected chi connectivity index (χ3v) is 32.3. The van der Waals surface area contributed by atoms with Crippen LogP contribution in [0.15, 0.2) is 158 Å². The molecule has 1 aromatic heterocycles. The lowest BCUT2D eigenvalue weighted by molar-refractivity contribution is -0.139. The molecule has 542 valence electrons. The fraction of sp³-hybridized carbons (Fsp3) is 0.510. The molecule has 6 fully saturated rings. The number of ether oxygens (including phenoxy) is 2. The third-order valence-electron chi connectivity index (χ3n) is 31.1. The van der Waals surface area contributed by atoms with Crippen LogP contribution in [0.3, 0.4) is 0 Å². The highest BCUT2D eigenvalue weighted by Gasteiger charge is 2.72. The lowest BCUT2D eigenvalue weighted by Gasteiger charge is -2.67. The smallest absolute Gasteiger partial charge is 0.333 e. The van der Waals surface area contributed by atoms with Gasteiger partial charge in [0.25, 0.3) is 0 Å². The molecule has 3 spiro atoms. The van der Waals surface area contributed by atoms with Crippen LogP contribution >= 0.6 is 11.3 Å². The summed E-state index contributed by atoms with van der Waals surface area (Å²) in [5, 5.41) is 0. The van der Waals surface area contributed by atoms with Gasteiger partial charge in [0, 0.05) is 31.6 Å². The van der Waals surface area contributed by atoms with Gasteiger partial charge in [0.2, 0.25) is 0 Å². The van der Waals surface area contributed by atoms with E-state index in [2.05, 4.69) is 201 Å². The normalized spacial score (nSPS) is 29.1. The van der Waals surface area contributed by atoms with Crippen molar-refractivity contribution in [3.05, 3.63) is 197 Å². The number of carbonyl (C=O) groups is 1. The zero-order valence-electron chi connectivity index (χ0n) is 64.7. The Labute approximate surface area is 629 Å². The minimum Gasteiger partial charge on any atom is -0.494 e. The first-order valence-corrected chi connectivity index (χ1v) is 42.9. The molecule has 0 atom stereocenters. The van der Waals surface area contributed by atoms with Crippen molar-refractivity contribution in [2.45, 2.75) is 277 Å². The molecular weight excluding hydrogens is 1280 g/mol. The number of esters is 1. The summed E-state index contributed by atoms with van der Waals surface area (Å²) in [6, 6.07) is 61.1. The van der Waals surface area contributed by atoms with Crippen LogP contribution in [0.4, 0.5) is 0 Å². The predicted octanol–water partition coefficient (Wildman–Crippen LogP) is 28.6. The van der Waals surface area contributed by atoms with Gasteiger partial charge in [-0.1, -0.05) is 222 Å². The van der Waals surface area contributed by atoms with Crippen molar-refractivity contribution >= 4 is 17.3 Å². The van der Waals surface area contributed by atoms with Crippen molar-refractivity contribution in [3.8, 4) is 82.3 Å². The van der Waals surface area contributed by atoms with Crippen molar-refractivity contribution in [1.29, 1.82) is 0 Å². The van der Waals surface area contributed by atoms with E-state index in [9.17, 15) is 4.79 Å². The predicted molar refractivity (Wildman–Crippen MR) is 437 cm³/mol. The Bertz CT molecular complexity index is 4520. The van der Waals surface area contributed by atoms with Gasteiger partial charge in [-0.15, -0.1) is 11.3 Å². The van der Waals surface area contributed by atoms with E-state index in [1.165, 1.54) is 263 Å². The average molecular weight is 1400 g/mol. The van der Waals surface area contributed by atoms with Crippen LogP contribution in [-0.2, 0) is 25.8 Å². The molecule has 0 radical (unpaired) electrons. The van der Waals surface area contributed by atoms with Gasteiger partial charge < -0.3 is 9.47 Å². The highest BCUT2D eigenvalue weighted by molar-refractivity contribution is 7.18. The Kier molecular flexibility index (Phi) is 18.2. The van der Waals surface area contributed by atoms with Gasteiger partial charge in [-0.05, 0) is 329 Å². The zero-order valence-corrected chi connectivity index (χ0v) is 65.6. The molecule has 6 bridgehead atoms. The Morgan fingerprint density at radius 3 is 1.14 bits per heavy atom. The van der Waals surface area contributed by atoms with Gasteiger partial charge in [-0.2, -0.15) is 0 Å². The molecule has 0 unspecified atom stereocenters. The number of fused-ring (bicyclic) bond motifs is 9. The Morgan fingerprint density at radius 1 is 0.385 bits per heavy atom. The van der Waals surface area contributed by atoms with Crippen molar-refractivity contribution in [2.75, 3.05) is 13.2 Å². The summed E-state index contributed by atoms with van der Waals surface area (Å²) in [6.07, 6.45) is 40.7. The van der Waals surface area contributed by atoms with E-state index in [-0.39, 0.29) is 54.7 Å². The molecule has 6 saturated carbocycles. The number of hydrogen-bond acceptors (Lipinski definition) is 4. The Hall–Kier alpha value is -6.75. The first kappa shape index (κ1) is 70.2. The first-order valence-electron chi connectivity index (χ1n) is 42.1. The van der Waals surface area contributed by atoms with Gasteiger partial charge in [-0.25, -0.2) is 4.79 Å². The quantitative estimate of drug-likeness (QED) is 0.0364. The molecule has 0 aliphatic heterocycles. The summed E-state index contributed by atoms with van der Waals surface area (Å²) in [6.45, 7) is 24.6. The van der Waals surface area contributed by atoms with Crippen molar-refractivity contribution < 1.29 is 14.3 Å². The van der Waals surface area contributed by atoms with Crippen LogP contribution in [-0.4, -0.2) is 19.2 Å². The molecule has 8 aromatic rings. The second-order valence-corrected chi connectivity index (χ2v) is 37.0. The van der Waals surface area contributed by atoms with Crippen LogP contribution in [0.25, 0.3) is 76.5 Å². The zero-order chi connectivity index (χ0) is 71.5. The van der Waals surface area contributed by atoms with Gasteiger partial charge in [0.05, 0.1) is 13.2 Å². The minimum absolute atomic E-state index is 0.0329. The monoisotopic (exact) mass is 1400 g/mol. The topological polar surface area (TPSA) is 35.5 Å². The second kappa shape index (κ2) is 26.9. The second-order valence-electron chi connectivity index (χ2n) is 36.0. The minimum atomic E-state index is -0.278. The van der Waals surface area contributed by atoms with Gasteiger partial charge >= 0.3 is 5.97 Å². The molecular formula is C100H118O3S. The Morgan fingerprint density at radius 2 is 0.721 bits per heavy atom. The number of unbranched alkanes of at least 4 members (excludes halogenated alkanes) is 7. The maximum atomic E-state index is 11.6. The number of rotatable bonds is 23. The van der Waals surface area contributed by atoms with E-state index < -0.39 is 0 Å². The van der Waals surface area contributed by atoms with E-state index in [1.54, 1.807) is 45.9 Å². The summed E-state index contributed by atoms with van der Waals surface area (Å²) in [5.74, 6) is 0.673. The van der Waals surface area contributed by atoms with Crippen LogP contribution in [0.1, 0.15) is 293 Å². The maximum absolute atomic E-state index is 11.6. The summed E-state index contributed by atoms with van der Waals surface area (Å²) in [4.78, 5) is 14.3. The fourth-order valence-electron chi connectivity index (χ4n) is 27.4. The van der Waals surface area contributed by atoms with Crippen molar-refractivity contribution in [1.82, 2.24) is 0 Å². The molecule has 0 N–H and O–H groups in total. The molecule has 0 saturated heterocycles. The van der Waals surface area contributed by atoms with E-state index in [1.807, 2.05) is 11.3 Å². The molecule has 17 rings (SSSR count). The molecule has 9 aliphatic carbocycles. The molecule has 0 amide bonds. The largest absolute Gasteiger partial charge is 0.494 e. The molecule has 7 aromatic carbocycles. The number of thiophene rings is 1. The van der Waals surface area contributed by atoms with Crippen LogP contribution in [0.2, 0.25) is 0 Å². The molecule has 104 heavy (non-hydrogen) atoms. The summed E-state index contributed by atoms with van der Waals surface area (Å²) >= 11 is 1.94. The highest BCUT2D eigenvalue weighted by atomic mass is 32.1. The molecule has 3 nitrogen and oxygen atoms in total. The number of carbonyl (C=O) groups excluding carboxylic acids is 1. The molecule has 9 aliphatic rings. The van der Waals surface area contributed by atoms with Crippen molar-refractivity contribution in [3.63, 3.8) is 0 Å². The van der Waals surface area contributed by atoms with E-state index >= 15 is 0 Å². The highest BCUT2D eigenvalue weighted by Crippen LogP contribution is 2.80. The van der Waals surface area contributed by atoms with Gasteiger partial charge in [0.1, 0.15) is 5.75 Å². The SMILES string of the molecule is C=C(C)C(=O)OCCCCCCCCCCOc1ccc(-c2ccc(-c3ccc4c(c3)C3(c5cc(-c6ccc7c(c6)C6(c8cc(-c9ccc%10c(c9)C9(c%11cc(C)ccc%11-%10)C%10(CCC)CCCC9(CCC)CCC%10)ccc8-7)C7(CC)CCCC6(CC)CCC7)ccc5-4)C4(C)CCCC3(C)CCC4)s2)cc1. The van der Waals surface area contributed by atoms with Crippen LogP contribution < -0.4 is 4.74 Å². The van der Waals surface area contributed by atoms with Crippen LogP contribution in [0, 0.1) is 39.4 Å². The van der Waals surface area contributed by atoms with E-state index in [0.717, 1.165) is 31.6 Å². The standard InChI is InChI=1S/C100H118O3S/c1-10-46-96-56-26-58-97(47-11-2,59-27-57-96)100(96)83-62-69(7)28-38-77(83)80-40-32-74(66-88(80)100)73-34-42-82-81-41-33-72(64-86(81)99(87(82)65-73)94(12-3)52-24-54-95(99,13-4)55-25-53-94)71-31-39-78-79-43-35-75(67-85(79)98(84(78)63-71)92(8)48-22-50-93(98,9)51-23-49-92)90-45-44-89(104-90)70-29-36-76(37-30-70)102-60-20-18-16-14-15-17-19-21-61-103-91(101)68(5)6/h28-45,62-67H,5,10-27,46-61H2,1-4,6-9H3. The summed E-state index contributed by atoms with van der Waals surface area (Å²) in [7, 11) is 0. The average Bonchev–Trinajstić information content (AvgIpc) is 1.45. The van der Waals surface area contributed by atoms with Crippen LogP contribution in [0.5, 0.6) is 5.75 Å². The maximum Gasteiger partial charge on any atom is 0.333 e. The molecule has 1 heterocycles. The van der Waals surface area contributed by atoms with E-state index in [0.29, 0.717) is 12.2 Å². The molecule has 4 heteroatoms.